The molecular weight excluding hydrogens is 348 g/mol. The second kappa shape index (κ2) is 9.74. The van der Waals surface area contributed by atoms with Crippen LogP contribution < -0.4 is 15.4 Å². The molecule has 0 aliphatic rings. The fourth-order valence-corrected chi connectivity index (χ4v) is 2.82. The van der Waals surface area contributed by atoms with E-state index in [9.17, 15) is 0 Å². The highest BCUT2D eigenvalue weighted by molar-refractivity contribution is 5.64. The average molecular weight is 377 g/mol. The van der Waals surface area contributed by atoms with Crippen LogP contribution in [0.25, 0.3) is 11.3 Å². The molecule has 146 valence electrons. The Hall–Kier alpha value is -3.08. The molecular formula is C23H28N4O. The molecule has 3 rings (SSSR count). The number of hydrogen-bond donors (Lipinski definition) is 2. The van der Waals surface area contributed by atoms with Crippen LogP contribution in [0.3, 0.4) is 0 Å². The van der Waals surface area contributed by atoms with Crippen molar-refractivity contribution >= 4 is 11.8 Å². The van der Waals surface area contributed by atoms with Crippen LogP contribution in [0.5, 0.6) is 5.75 Å². The number of methoxy groups -OCH3 is 1. The minimum Gasteiger partial charge on any atom is -0.497 e. The molecule has 5 heteroatoms. The molecule has 0 saturated carbocycles. The first-order chi connectivity index (χ1) is 13.7. The third kappa shape index (κ3) is 5.46. The monoisotopic (exact) mass is 376 g/mol. The molecule has 1 aromatic heterocycles. The van der Waals surface area contributed by atoms with Crippen LogP contribution in [0.2, 0.25) is 0 Å². The molecule has 0 fully saturated rings. The van der Waals surface area contributed by atoms with E-state index in [4.69, 9.17) is 9.72 Å². The van der Waals surface area contributed by atoms with E-state index in [1.54, 1.807) is 7.11 Å². The fourth-order valence-electron chi connectivity index (χ4n) is 2.82. The van der Waals surface area contributed by atoms with Crippen LogP contribution in [-0.2, 0) is 6.42 Å². The number of anilines is 2. The van der Waals surface area contributed by atoms with Gasteiger partial charge in [-0.3, -0.25) is 0 Å². The third-order valence-corrected chi connectivity index (χ3v) is 4.66. The first kappa shape index (κ1) is 19.7. The summed E-state index contributed by atoms with van der Waals surface area (Å²) in [6.45, 7) is 5.07. The van der Waals surface area contributed by atoms with Crippen LogP contribution >= 0.6 is 0 Å². The number of aromatic nitrogens is 2. The van der Waals surface area contributed by atoms with Gasteiger partial charge in [-0.1, -0.05) is 49.4 Å². The summed E-state index contributed by atoms with van der Waals surface area (Å²) in [6, 6.07) is 20.7. The van der Waals surface area contributed by atoms with Crippen LogP contribution in [0, 0.1) is 0 Å². The van der Waals surface area contributed by atoms with Crippen LogP contribution in [0.4, 0.5) is 11.8 Å². The zero-order chi connectivity index (χ0) is 19.8. The summed E-state index contributed by atoms with van der Waals surface area (Å²) in [7, 11) is 1.68. The molecule has 0 radical (unpaired) electrons. The number of nitrogens with one attached hydrogen (secondary N) is 2. The second-order valence-corrected chi connectivity index (χ2v) is 6.81. The van der Waals surface area contributed by atoms with Crippen LogP contribution in [0.1, 0.15) is 25.8 Å². The molecule has 2 aromatic carbocycles. The number of nitrogens with zero attached hydrogens (tertiary/aromatic N) is 2. The maximum Gasteiger partial charge on any atom is 0.225 e. The first-order valence-electron chi connectivity index (χ1n) is 9.75. The topological polar surface area (TPSA) is 59.1 Å². The summed E-state index contributed by atoms with van der Waals surface area (Å²) < 4.78 is 5.21. The number of hydrogen-bond acceptors (Lipinski definition) is 5. The Morgan fingerprint density at radius 1 is 1.00 bits per heavy atom. The summed E-state index contributed by atoms with van der Waals surface area (Å²) >= 11 is 0. The van der Waals surface area contributed by atoms with E-state index in [1.165, 1.54) is 5.56 Å². The maximum absolute atomic E-state index is 5.21. The van der Waals surface area contributed by atoms with Crippen LogP contribution in [0.15, 0.2) is 60.7 Å². The van der Waals surface area contributed by atoms with Gasteiger partial charge in [-0.05, 0) is 37.5 Å². The molecule has 0 amide bonds. The van der Waals surface area contributed by atoms with Crippen molar-refractivity contribution in [2.24, 2.45) is 0 Å². The Bertz CT molecular complexity index is 866. The molecule has 2 N–H and O–H groups in total. The zero-order valence-electron chi connectivity index (χ0n) is 16.8. The predicted octanol–water partition coefficient (Wildman–Crippen LogP) is 5.02. The third-order valence-electron chi connectivity index (χ3n) is 4.66. The van der Waals surface area contributed by atoms with E-state index in [1.807, 2.05) is 36.4 Å². The SMILES string of the molecule is CCC(C)Nc1cc(-c2ccccc2)nc(NCCc2ccc(OC)cc2)n1. The van der Waals surface area contributed by atoms with Crippen molar-refractivity contribution in [1.82, 2.24) is 9.97 Å². The molecule has 1 unspecified atom stereocenters. The van der Waals surface area contributed by atoms with Crippen molar-refractivity contribution in [1.29, 1.82) is 0 Å². The Morgan fingerprint density at radius 3 is 2.43 bits per heavy atom. The normalized spacial score (nSPS) is 11.7. The molecule has 0 spiro atoms. The Morgan fingerprint density at radius 2 is 1.75 bits per heavy atom. The van der Waals surface area contributed by atoms with E-state index in [0.29, 0.717) is 12.0 Å². The van der Waals surface area contributed by atoms with Gasteiger partial charge in [0.2, 0.25) is 5.95 Å². The molecule has 28 heavy (non-hydrogen) atoms. The lowest BCUT2D eigenvalue weighted by molar-refractivity contribution is 0.414. The molecule has 3 aromatic rings. The highest BCUT2D eigenvalue weighted by Crippen LogP contribution is 2.22. The van der Waals surface area contributed by atoms with Crippen molar-refractivity contribution in [3.63, 3.8) is 0 Å². The lowest BCUT2D eigenvalue weighted by Crippen LogP contribution is -2.16. The van der Waals surface area contributed by atoms with E-state index < -0.39 is 0 Å². The van der Waals surface area contributed by atoms with Crippen molar-refractivity contribution in [2.75, 3.05) is 24.3 Å². The molecule has 0 bridgehead atoms. The number of ether oxygens (including phenoxy) is 1. The smallest absolute Gasteiger partial charge is 0.225 e. The lowest BCUT2D eigenvalue weighted by atomic mass is 10.1. The summed E-state index contributed by atoms with van der Waals surface area (Å²) in [4.78, 5) is 9.37. The molecule has 0 aliphatic carbocycles. The van der Waals surface area contributed by atoms with Gasteiger partial charge in [-0.15, -0.1) is 0 Å². The maximum atomic E-state index is 5.21. The minimum atomic E-state index is 0.352. The fraction of sp³-hybridized carbons (Fsp3) is 0.304. The van der Waals surface area contributed by atoms with Crippen molar-refractivity contribution in [3.05, 3.63) is 66.2 Å². The highest BCUT2D eigenvalue weighted by atomic mass is 16.5. The van der Waals surface area contributed by atoms with E-state index in [0.717, 1.165) is 42.2 Å². The summed E-state index contributed by atoms with van der Waals surface area (Å²) in [5.41, 5.74) is 3.23. The summed E-state index contributed by atoms with van der Waals surface area (Å²) in [6.07, 6.45) is 1.92. The molecule has 0 aliphatic heterocycles. The number of rotatable bonds is 9. The van der Waals surface area contributed by atoms with Gasteiger partial charge in [-0.2, -0.15) is 4.98 Å². The predicted molar refractivity (Wildman–Crippen MR) is 116 cm³/mol. The van der Waals surface area contributed by atoms with Gasteiger partial charge in [0.05, 0.1) is 12.8 Å². The first-order valence-corrected chi connectivity index (χ1v) is 9.75. The standard InChI is InChI=1S/C23H28N4O/c1-4-17(2)25-22-16-21(19-8-6-5-7-9-19)26-23(27-22)24-15-14-18-10-12-20(28-3)13-11-18/h5-13,16-17H,4,14-15H2,1-3H3,(H2,24,25,26,27). The van der Waals surface area contributed by atoms with E-state index in [2.05, 4.69) is 53.7 Å². The Labute approximate surface area is 167 Å². The van der Waals surface area contributed by atoms with Gasteiger partial charge < -0.3 is 15.4 Å². The number of benzene rings is 2. The van der Waals surface area contributed by atoms with Gasteiger partial charge >= 0.3 is 0 Å². The van der Waals surface area contributed by atoms with Gasteiger partial charge in [0.15, 0.2) is 0 Å². The summed E-state index contributed by atoms with van der Waals surface area (Å²) in [5, 5.41) is 6.83. The quantitative estimate of drug-likeness (QED) is 0.549. The van der Waals surface area contributed by atoms with Crippen molar-refractivity contribution < 1.29 is 4.74 Å². The minimum absolute atomic E-state index is 0.352. The van der Waals surface area contributed by atoms with Crippen LogP contribution in [-0.4, -0.2) is 29.7 Å². The largest absolute Gasteiger partial charge is 0.497 e. The lowest BCUT2D eigenvalue weighted by Gasteiger charge is -2.15. The Balaban J connectivity index is 1.73. The highest BCUT2D eigenvalue weighted by Gasteiger charge is 2.08. The zero-order valence-corrected chi connectivity index (χ0v) is 16.8. The van der Waals surface area contributed by atoms with E-state index >= 15 is 0 Å². The van der Waals surface area contributed by atoms with Gasteiger partial charge in [0.1, 0.15) is 11.6 Å². The average Bonchev–Trinajstić information content (AvgIpc) is 2.74. The van der Waals surface area contributed by atoms with Gasteiger partial charge in [0, 0.05) is 24.2 Å². The van der Waals surface area contributed by atoms with Gasteiger partial charge in [0.25, 0.3) is 0 Å². The molecule has 0 saturated heterocycles. The van der Waals surface area contributed by atoms with Crippen molar-refractivity contribution in [2.45, 2.75) is 32.7 Å². The Kier molecular flexibility index (Phi) is 6.84. The van der Waals surface area contributed by atoms with E-state index in [-0.39, 0.29) is 0 Å². The van der Waals surface area contributed by atoms with Crippen molar-refractivity contribution in [3.8, 4) is 17.0 Å². The second-order valence-electron chi connectivity index (χ2n) is 6.81. The molecule has 1 heterocycles. The molecule has 5 nitrogen and oxygen atoms in total. The summed E-state index contributed by atoms with van der Waals surface area (Å²) in [5.74, 6) is 2.35. The van der Waals surface area contributed by atoms with Gasteiger partial charge in [-0.25, -0.2) is 4.98 Å². The molecule has 1 atom stereocenters.